The van der Waals surface area contributed by atoms with Crippen molar-refractivity contribution in [2.24, 2.45) is 5.92 Å². The summed E-state index contributed by atoms with van der Waals surface area (Å²) in [6.07, 6.45) is 2.67. The van der Waals surface area contributed by atoms with Crippen molar-refractivity contribution in [1.82, 2.24) is 10.2 Å². The summed E-state index contributed by atoms with van der Waals surface area (Å²) in [6.45, 7) is 3.63. The molecule has 2 rings (SSSR count). The van der Waals surface area contributed by atoms with Crippen molar-refractivity contribution < 1.29 is 14.7 Å². The SMILES string of the molecule is CCC1(C(=O)N2CC(C(=O)O)C2)CCCN1. The van der Waals surface area contributed by atoms with Crippen molar-refractivity contribution in [2.75, 3.05) is 19.6 Å². The van der Waals surface area contributed by atoms with Crippen molar-refractivity contribution in [3.05, 3.63) is 0 Å². The van der Waals surface area contributed by atoms with Crippen molar-refractivity contribution in [1.29, 1.82) is 0 Å². The number of hydrogen-bond donors (Lipinski definition) is 2. The molecule has 0 aromatic carbocycles. The quantitative estimate of drug-likeness (QED) is 0.714. The van der Waals surface area contributed by atoms with Gasteiger partial charge < -0.3 is 15.3 Å². The number of carboxylic acid groups (broad SMARTS) is 1. The molecule has 0 saturated carbocycles. The second-order valence-electron chi connectivity index (χ2n) is 4.71. The molecule has 2 aliphatic heterocycles. The van der Waals surface area contributed by atoms with E-state index >= 15 is 0 Å². The molecule has 2 fully saturated rings. The number of nitrogens with one attached hydrogen (secondary N) is 1. The summed E-state index contributed by atoms with van der Waals surface area (Å²) < 4.78 is 0. The van der Waals surface area contributed by atoms with Gasteiger partial charge in [-0.2, -0.15) is 0 Å². The van der Waals surface area contributed by atoms with Gasteiger partial charge in [-0.05, 0) is 25.8 Å². The number of likely N-dealkylation sites (tertiary alicyclic amines) is 1. The molecule has 0 radical (unpaired) electrons. The molecule has 2 aliphatic rings. The third-order valence-electron chi connectivity index (χ3n) is 3.77. The first kappa shape index (κ1) is 11.4. The number of carbonyl (C=O) groups is 2. The van der Waals surface area contributed by atoms with Gasteiger partial charge in [0.25, 0.3) is 0 Å². The normalized spacial score (nSPS) is 30.2. The second-order valence-corrected chi connectivity index (χ2v) is 4.71. The van der Waals surface area contributed by atoms with Gasteiger partial charge in [0.1, 0.15) is 0 Å². The first-order chi connectivity index (χ1) is 7.59. The zero-order valence-electron chi connectivity index (χ0n) is 9.53. The summed E-state index contributed by atoms with van der Waals surface area (Å²) >= 11 is 0. The molecule has 1 amide bonds. The highest BCUT2D eigenvalue weighted by Crippen LogP contribution is 2.28. The van der Waals surface area contributed by atoms with E-state index in [1.54, 1.807) is 4.90 Å². The monoisotopic (exact) mass is 226 g/mol. The Morgan fingerprint density at radius 3 is 2.62 bits per heavy atom. The number of rotatable bonds is 3. The standard InChI is InChI=1S/C11H18N2O3/c1-2-11(4-3-5-12-11)10(16)13-6-8(7-13)9(14)15/h8,12H,2-7H2,1H3,(H,14,15). The zero-order valence-corrected chi connectivity index (χ0v) is 9.53. The van der Waals surface area contributed by atoms with Gasteiger partial charge in [-0.25, -0.2) is 0 Å². The van der Waals surface area contributed by atoms with Gasteiger partial charge in [0.2, 0.25) is 5.91 Å². The molecule has 90 valence electrons. The van der Waals surface area contributed by atoms with Gasteiger partial charge in [-0.15, -0.1) is 0 Å². The van der Waals surface area contributed by atoms with Crippen LogP contribution in [0.1, 0.15) is 26.2 Å². The van der Waals surface area contributed by atoms with Gasteiger partial charge in [0, 0.05) is 13.1 Å². The summed E-state index contributed by atoms with van der Waals surface area (Å²) in [7, 11) is 0. The van der Waals surface area contributed by atoms with E-state index < -0.39 is 11.5 Å². The molecular weight excluding hydrogens is 208 g/mol. The maximum absolute atomic E-state index is 12.2. The number of carbonyl (C=O) groups excluding carboxylic acids is 1. The van der Waals surface area contributed by atoms with Crippen LogP contribution in [0.4, 0.5) is 0 Å². The Morgan fingerprint density at radius 1 is 1.50 bits per heavy atom. The molecule has 0 aromatic heterocycles. The van der Waals surface area contributed by atoms with E-state index in [-0.39, 0.29) is 11.8 Å². The van der Waals surface area contributed by atoms with Crippen LogP contribution in [0.5, 0.6) is 0 Å². The van der Waals surface area contributed by atoms with E-state index in [0.717, 1.165) is 25.8 Å². The minimum Gasteiger partial charge on any atom is -0.481 e. The zero-order chi connectivity index (χ0) is 11.8. The van der Waals surface area contributed by atoms with Gasteiger partial charge in [-0.1, -0.05) is 6.92 Å². The van der Waals surface area contributed by atoms with Crippen LogP contribution in [0.2, 0.25) is 0 Å². The third-order valence-corrected chi connectivity index (χ3v) is 3.77. The topological polar surface area (TPSA) is 69.6 Å². The Kier molecular flexibility index (Phi) is 2.88. The molecule has 5 heteroatoms. The van der Waals surface area contributed by atoms with Crippen LogP contribution >= 0.6 is 0 Å². The maximum atomic E-state index is 12.2. The number of hydrogen-bond acceptors (Lipinski definition) is 3. The van der Waals surface area contributed by atoms with Crippen LogP contribution in [0.15, 0.2) is 0 Å². The minimum atomic E-state index is -0.797. The fraction of sp³-hybridized carbons (Fsp3) is 0.818. The van der Waals surface area contributed by atoms with Gasteiger partial charge >= 0.3 is 5.97 Å². The predicted molar refractivity (Wildman–Crippen MR) is 58.0 cm³/mol. The smallest absolute Gasteiger partial charge is 0.310 e. The van der Waals surface area contributed by atoms with E-state index in [4.69, 9.17) is 5.11 Å². The van der Waals surface area contributed by atoms with Crippen molar-refractivity contribution in [3.8, 4) is 0 Å². The van der Waals surface area contributed by atoms with Crippen LogP contribution in [0.25, 0.3) is 0 Å². The van der Waals surface area contributed by atoms with Crippen LogP contribution in [0.3, 0.4) is 0 Å². The average Bonchev–Trinajstić information content (AvgIpc) is 2.63. The number of aliphatic carboxylic acids is 1. The first-order valence-corrected chi connectivity index (χ1v) is 5.86. The Morgan fingerprint density at radius 2 is 2.19 bits per heavy atom. The highest BCUT2D eigenvalue weighted by molar-refractivity contribution is 5.89. The summed E-state index contributed by atoms with van der Waals surface area (Å²) in [6, 6.07) is 0. The summed E-state index contributed by atoms with van der Waals surface area (Å²) in [5.74, 6) is -1.07. The summed E-state index contributed by atoms with van der Waals surface area (Å²) in [5.41, 5.74) is -0.413. The largest absolute Gasteiger partial charge is 0.481 e. The van der Waals surface area contributed by atoms with Gasteiger partial charge in [-0.3, -0.25) is 9.59 Å². The second kappa shape index (κ2) is 4.05. The Balaban J connectivity index is 1.96. The van der Waals surface area contributed by atoms with E-state index in [0.29, 0.717) is 13.1 Å². The highest BCUT2D eigenvalue weighted by Gasteiger charge is 2.46. The van der Waals surface area contributed by atoms with Crippen LogP contribution in [-0.2, 0) is 9.59 Å². The lowest BCUT2D eigenvalue weighted by Crippen LogP contribution is -2.62. The highest BCUT2D eigenvalue weighted by atomic mass is 16.4. The predicted octanol–water partition coefficient (Wildman–Crippen LogP) is 0.0616. The average molecular weight is 226 g/mol. The lowest BCUT2D eigenvalue weighted by molar-refractivity contribution is -0.155. The molecule has 0 aliphatic carbocycles. The molecule has 0 aromatic rings. The van der Waals surface area contributed by atoms with Crippen molar-refractivity contribution in [2.45, 2.75) is 31.7 Å². The van der Waals surface area contributed by atoms with Gasteiger partial charge in [0.05, 0.1) is 11.5 Å². The molecule has 1 atom stereocenters. The van der Waals surface area contributed by atoms with Crippen molar-refractivity contribution >= 4 is 11.9 Å². The molecule has 0 spiro atoms. The molecule has 0 bridgehead atoms. The van der Waals surface area contributed by atoms with Crippen LogP contribution < -0.4 is 5.32 Å². The maximum Gasteiger partial charge on any atom is 0.310 e. The lowest BCUT2D eigenvalue weighted by atomic mass is 9.89. The lowest BCUT2D eigenvalue weighted by Gasteiger charge is -2.42. The molecule has 2 heterocycles. The van der Waals surface area contributed by atoms with E-state index in [2.05, 4.69) is 5.32 Å². The molecular formula is C11H18N2O3. The Hall–Kier alpha value is -1.10. The van der Waals surface area contributed by atoms with Gasteiger partial charge in [0.15, 0.2) is 0 Å². The Bertz CT molecular complexity index is 304. The minimum absolute atomic E-state index is 0.0880. The molecule has 5 nitrogen and oxygen atoms in total. The molecule has 16 heavy (non-hydrogen) atoms. The first-order valence-electron chi connectivity index (χ1n) is 5.86. The van der Waals surface area contributed by atoms with E-state index in [1.807, 2.05) is 6.92 Å². The van der Waals surface area contributed by atoms with E-state index in [9.17, 15) is 9.59 Å². The summed E-state index contributed by atoms with van der Waals surface area (Å²) in [5, 5.41) is 12.0. The molecule has 1 unspecified atom stereocenters. The number of carboxylic acids is 1. The number of amides is 1. The Labute approximate surface area is 94.8 Å². The molecule has 2 N–H and O–H groups in total. The third kappa shape index (κ3) is 1.69. The van der Waals surface area contributed by atoms with Crippen LogP contribution in [-0.4, -0.2) is 47.1 Å². The fourth-order valence-electron chi connectivity index (χ4n) is 2.55. The summed E-state index contributed by atoms with van der Waals surface area (Å²) in [4.78, 5) is 24.6. The van der Waals surface area contributed by atoms with Crippen molar-refractivity contribution in [3.63, 3.8) is 0 Å². The van der Waals surface area contributed by atoms with Crippen LogP contribution in [0, 0.1) is 5.92 Å². The fourth-order valence-corrected chi connectivity index (χ4v) is 2.55. The van der Waals surface area contributed by atoms with E-state index in [1.165, 1.54) is 0 Å². The number of nitrogens with zero attached hydrogens (tertiary/aromatic N) is 1. The molecule has 2 saturated heterocycles.